The number of aryl methyl sites for hydroxylation is 1. The van der Waals surface area contributed by atoms with Crippen LogP contribution < -0.4 is 5.32 Å². The number of hydrogen-bond acceptors (Lipinski definition) is 5. The molecule has 3 heterocycles. The van der Waals surface area contributed by atoms with Crippen LogP contribution in [0.5, 0.6) is 0 Å². The summed E-state index contributed by atoms with van der Waals surface area (Å²) in [6.45, 7) is 0. The maximum atomic E-state index is 5.38. The summed E-state index contributed by atoms with van der Waals surface area (Å²) in [4.78, 5) is 8.68. The van der Waals surface area contributed by atoms with Crippen molar-refractivity contribution in [3.8, 4) is 11.6 Å². The van der Waals surface area contributed by atoms with Gasteiger partial charge >= 0.3 is 0 Å². The van der Waals surface area contributed by atoms with E-state index in [2.05, 4.69) is 32.6 Å². The van der Waals surface area contributed by atoms with Gasteiger partial charge in [0.1, 0.15) is 6.04 Å². The first-order valence-electron chi connectivity index (χ1n) is 6.47. The Labute approximate surface area is 115 Å². The highest BCUT2D eigenvalue weighted by Crippen LogP contribution is 2.33. The van der Waals surface area contributed by atoms with E-state index in [1.807, 2.05) is 29.9 Å². The molecule has 0 radical (unpaired) electrons. The summed E-state index contributed by atoms with van der Waals surface area (Å²) in [5, 5.41) is 7.42. The summed E-state index contributed by atoms with van der Waals surface area (Å²) >= 11 is 0. The van der Waals surface area contributed by atoms with Gasteiger partial charge in [0.05, 0.1) is 0 Å². The van der Waals surface area contributed by atoms with E-state index in [0.29, 0.717) is 17.5 Å². The Hall–Kier alpha value is -2.63. The second kappa shape index (κ2) is 4.19. The van der Waals surface area contributed by atoms with Gasteiger partial charge in [-0.1, -0.05) is 23.4 Å². The number of para-hydroxylation sites is 1. The third-order valence-electron chi connectivity index (χ3n) is 3.53. The lowest BCUT2D eigenvalue weighted by Gasteiger charge is -2.04. The van der Waals surface area contributed by atoms with E-state index >= 15 is 0 Å². The lowest BCUT2D eigenvalue weighted by Crippen LogP contribution is -2.06. The summed E-state index contributed by atoms with van der Waals surface area (Å²) in [5.74, 6) is 1.82. The van der Waals surface area contributed by atoms with E-state index in [4.69, 9.17) is 4.52 Å². The average Bonchev–Trinajstić information content (AvgIpc) is 3.15. The molecule has 0 spiro atoms. The molecule has 0 unspecified atom stereocenters. The van der Waals surface area contributed by atoms with Crippen LogP contribution >= 0.6 is 0 Å². The minimum absolute atomic E-state index is 0.0360. The molecular formula is C14H13N5O. The normalized spacial score (nSPS) is 16.9. The number of aromatic nitrogens is 4. The first-order valence-corrected chi connectivity index (χ1v) is 6.47. The molecule has 0 bridgehead atoms. The number of fused-ring (bicyclic) bond motifs is 1. The lowest BCUT2D eigenvalue weighted by molar-refractivity contribution is 0.364. The molecular weight excluding hydrogens is 254 g/mol. The minimum atomic E-state index is 0.0360. The number of nitrogens with zero attached hydrogens (tertiary/aromatic N) is 4. The van der Waals surface area contributed by atoms with Gasteiger partial charge in [-0.25, -0.2) is 4.98 Å². The first kappa shape index (κ1) is 11.2. The smallest absolute Gasteiger partial charge is 0.249 e. The van der Waals surface area contributed by atoms with Crippen LogP contribution in [0, 0.1) is 0 Å². The van der Waals surface area contributed by atoms with Crippen LogP contribution in [0.25, 0.3) is 11.6 Å². The van der Waals surface area contributed by atoms with Crippen molar-refractivity contribution in [2.24, 2.45) is 7.05 Å². The van der Waals surface area contributed by atoms with Crippen molar-refractivity contribution in [3.05, 3.63) is 48.1 Å². The van der Waals surface area contributed by atoms with Crippen molar-refractivity contribution in [3.63, 3.8) is 0 Å². The Balaban J connectivity index is 1.63. The van der Waals surface area contributed by atoms with E-state index in [1.54, 1.807) is 6.20 Å². The molecule has 0 amide bonds. The summed E-state index contributed by atoms with van der Waals surface area (Å²) < 4.78 is 7.25. The predicted molar refractivity (Wildman–Crippen MR) is 73.0 cm³/mol. The Kier molecular flexibility index (Phi) is 2.35. The van der Waals surface area contributed by atoms with Crippen LogP contribution in [0.3, 0.4) is 0 Å². The van der Waals surface area contributed by atoms with Gasteiger partial charge in [-0.05, 0) is 11.6 Å². The SMILES string of the molecule is Cn1ccnc1-c1noc([C@@H]2Cc3ccccc3N2)n1. The molecule has 1 atom stereocenters. The van der Waals surface area contributed by atoms with E-state index in [9.17, 15) is 0 Å². The molecule has 100 valence electrons. The fourth-order valence-electron chi connectivity index (χ4n) is 2.50. The number of imidazole rings is 1. The minimum Gasteiger partial charge on any atom is -0.373 e. The molecule has 2 aromatic heterocycles. The highest BCUT2D eigenvalue weighted by Gasteiger charge is 2.27. The quantitative estimate of drug-likeness (QED) is 0.770. The molecule has 0 saturated carbocycles. The predicted octanol–water partition coefficient (Wildman–Crippen LogP) is 2.18. The fraction of sp³-hybridized carbons (Fsp3) is 0.214. The molecule has 6 heteroatoms. The molecule has 0 fully saturated rings. The third kappa shape index (κ3) is 1.69. The zero-order valence-corrected chi connectivity index (χ0v) is 10.9. The molecule has 1 aliphatic heterocycles. The highest BCUT2D eigenvalue weighted by atomic mass is 16.5. The largest absolute Gasteiger partial charge is 0.373 e. The molecule has 0 aliphatic carbocycles. The van der Waals surface area contributed by atoms with Gasteiger partial charge in [-0.2, -0.15) is 4.98 Å². The van der Waals surface area contributed by atoms with Crippen molar-refractivity contribution >= 4 is 5.69 Å². The van der Waals surface area contributed by atoms with Crippen molar-refractivity contribution < 1.29 is 4.52 Å². The van der Waals surface area contributed by atoms with Crippen LogP contribution in [0.4, 0.5) is 5.69 Å². The van der Waals surface area contributed by atoms with Gasteiger partial charge in [0.25, 0.3) is 0 Å². The molecule has 3 aromatic rings. The summed E-state index contributed by atoms with van der Waals surface area (Å²) in [5.41, 5.74) is 2.41. The zero-order valence-electron chi connectivity index (χ0n) is 10.9. The van der Waals surface area contributed by atoms with Crippen molar-refractivity contribution in [1.29, 1.82) is 0 Å². The van der Waals surface area contributed by atoms with E-state index < -0.39 is 0 Å². The maximum Gasteiger partial charge on any atom is 0.249 e. The van der Waals surface area contributed by atoms with Crippen LogP contribution in [-0.4, -0.2) is 19.7 Å². The Morgan fingerprint density at radius 2 is 2.25 bits per heavy atom. The first-order chi connectivity index (χ1) is 9.81. The second-order valence-corrected chi connectivity index (χ2v) is 4.88. The third-order valence-corrected chi connectivity index (χ3v) is 3.53. The molecule has 1 N–H and O–H groups in total. The van der Waals surface area contributed by atoms with Crippen molar-refractivity contribution in [2.45, 2.75) is 12.5 Å². The van der Waals surface area contributed by atoms with Gasteiger partial charge in [0.15, 0.2) is 5.82 Å². The van der Waals surface area contributed by atoms with Crippen LogP contribution in [0.1, 0.15) is 17.5 Å². The molecule has 6 nitrogen and oxygen atoms in total. The Morgan fingerprint density at radius 1 is 1.35 bits per heavy atom. The number of benzene rings is 1. The Morgan fingerprint density at radius 3 is 3.05 bits per heavy atom. The highest BCUT2D eigenvalue weighted by molar-refractivity contribution is 5.57. The number of nitrogens with one attached hydrogen (secondary N) is 1. The second-order valence-electron chi connectivity index (χ2n) is 4.88. The maximum absolute atomic E-state index is 5.38. The molecule has 0 saturated heterocycles. The summed E-state index contributed by atoms with van der Waals surface area (Å²) in [6.07, 6.45) is 4.43. The van der Waals surface area contributed by atoms with Gasteiger partial charge in [0, 0.05) is 31.5 Å². The van der Waals surface area contributed by atoms with E-state index in [1.165, 1.54) is 5.56 Å². The summed E-state index contributed by atoms with van der Waals surface area (Å²) in [7, 11) is 1.90. The molecule has 20 heavy (non-hydrogen) atoms. The van der Waals surface area contributed by atoms with Gasteiger partial charge < -0.3 is 14.4 Å². The topological polar surface area (TPSA) is 68.8 Å². The van der Waals surface area contributed by atoms with E-state index in [0.717, 1.165) is 12.1 Å². The average molecular weight is 267 g/mol. The fourth-order valence-corrected chi connectivity index (χ4v) is 2.50. The van der Waals surface area contributed by atoms with E-state index in [-0.39, 0.29) is 6.04 Å². The van der Waals surface area contributed by atoms with Crippen LogP contribution in [0.2, 0.25) is 0 Å². The van der Waals surface area contributed by atoms with Gasteiger partial charge in [-0.15, -0.1) is 0 Å². The zero-order chi connectivity index (χ0) is 13.5. The number of hydrogen-bond donors (Lipinski definition) is 1. The molecule has 1 aromatic carbocycles. The van der Waals surface area contributed by atoms with Crippen molar-refractivity contribution in [1.82, 2.24) is 19.7 Å². The Bertz CT molecular complexity index is 735. The van der Waals surface area contributed by atoms with Gasteiger partial charge in [0.2, 0.25) is 11.7 Å². The lowest BCUT2D eigenvalue weighted by atomic mass is 10.1. The van der Waals surface area contributed by atoms with Crippen LogP contribution in [0.15, 0.2) is 41.2 Å². The summed E-state index contributed by atoms with van der Waals surface area (Å²) in [6, 6.07) is 8.26. The van der Waals surface area contributed by atoms with Crippen LogP contribution in [-0.2, 0) is 13.5 Å². The molecule has 4 rings (SSSR count). The molecule has 1 aliphatic rings. The number of rotatable bonds is 2. The van der Waals surface area contributed by atoms with Crippen molar-refractivity contribution in [2.75, 3.05) is 5.32 Å². The number of anilines is 1. The standard InChI is InChI=1S/C14H13N5O/c1-19-7-6-15-13(19)12-17-14(20-18-12)11-8-9-4-2-3-5-10(9)16-11/h2-7,11,16H,8H2,1H3/t11-/m0/s1. The van der Waals surface area contributed by atoms with Gasteiger partial charge in [-0.3, -0.25) is 0 Å². The monoisotopic (exact) mass is 267 g/mol.